The van der Waals surface area contributed by atoms with Gasteiger partial charge in [-0.1, -0.05) is 150 Å². The second-order valence-corrected chi connectivity index (χ2v) is 15.2. The lowest BCUT2D eigenvalue weighted by molar-refractivity contribution is -0.142. The van der Waals surface area contributed by atoms with Gasteiger partial charge in [0.25, 0.3) is 5.91 Å². The predicted molar refractivity (Wildman–Crippen MR) is 249 cm³/mol. The van der Waals surface area contributed by atoms with Crippen LogP contribution in [-0.2, 0) is 24.0 Å². The van der Waals surface area contributed by atoms with Gasteiger partial charge in [-0.2, -0.15) is 0 Å². The van der Waals surface area contributed by atoms with Gasteiger partial charge in [0.05, 0.1) is 19.1 Å². The van der Waals surface area contributed by atoms with Crippen LogP contribution in [-0.4, -0.2) is 77.0 Å². The molecule has 3 N–H and O–H groups in total. The summed E-state index contributed by atoms with van der Waals surface area (Å²) < 4.78 is 5.72. The van der Waals surface area contributed by atoms with Crippen LogP contribution >= 0.6 is 0 Å². The third-order valence-corrected chi connectivity index (χ3v) is 7.66. The molecule has 0 bridgehead atoms. The number of benzene rings is 1. The van der Waals surface area contributed by atoms with Gasteiger partial charge in [0.1, 0.15) is 29.9 Å². The van der Waals surface area contributed by atoms with E-state index in [1.807, 2.05) is 13.8 Å². The predicted octanol–water partition coefficient (Wildman–Crippen LogP) is 11.4. The number of ketones is 1. The quantitative estimate of drug-likeness (QED) is 0.110. The van der Waals surface area contributed by atoms with E-state index < -0.39 is 48.2 Å². The molecule has 0 radical (unpaired) electrons. The molecule has 0 saturated carbocycles. The minimum Gasteiger partial charge on any atom is -0.494 e. The maximum Gasteiger partial charge on any atom is 0.305 e. The van der Waals surface area contributed by atoms with Crippen LogP contribution in [0.5, 0.6) is 5.75 Å². The Morgan fingerprint density at radius 3 is 1.61 bits per heavy atom. The summed E-state index contributed by atoms with van der Waals surface area (Å²) in [7, 11) is 0. The zero-order valence-electron chi connectivity index (χ0n) is 40.1. The molecule has 1 aromatic carbocycles. The van der Waals surface area contributed by atoms with Crippen molar-refractivity contribution >= 4 is 35.8 Å². The number of nitrogens with one attached hydrogen (secondary N) is 2. The number of amides is 3. The number of carbonyl (C=O) groups is 6. The molecule has 11 nitrogen and oxygen atoms in total. The van der Waals surface area contributed by atoms with Crippen molar-refractivity contribution in [3.63, 3.8) is 0 Å². The van der Waals surface area contributed by atoms with Gasteiger partial charge in [-0.3, -0.25) is 19.2 Å². The highest BCUT2D eigenvalue weighted by molar-refractivity contribution is 5.99. The van der Waals surface area contributed by atoms with E-state index in [0.29, 0.717) is 43.6 Å². The van der Waals surface area contributed by atoms with Crippen molar-refractivity contribution in [3.8, 4) is 5.75 Å². The zero-order chi connectivity index (χ0) is 46.2. The van der Waals surface area contributed by atoms with Crippen molar-refractivity contribution in [2.75, 3.05) is 13.2 Å². The van der Waals surface area contributed by atoms with Crippen LogP contribution < -0.4 is 15.4 Å². The Hall–Kier alpha value is -3.76. The SMILES string of the molecule is C.CC.CC(C)=O.CC(C)C(C)C.CCC.CCC.CCC.CCCCCCOc1ccc(C(=O)NC(C(=O)N2CCCC2C(=O)N[C@H](C=O)CC(=O)O)C(C)C)cc1. The van der Waals surface area contributed by atoms with E-state index in [1.165, 1.54) is 44.4 Å². The van der Waals surface area contributed by atoms with Crippen molar-refractivity contribution in [1.82, 2.24) is 15.5 Å². The fourth-order valence-corrected chi connectivity index (χ4v) is 4.24. The first-order chi connectivity index (χ1) is 27.3. The highest BCUT2D eigenvalue weighted by Gasteiger charge is 2.39. The Labute approximate surface area is 363 Å². The molecule has 0 aromatic heterocycles. The van der Waals surface area contributed by atoms with Crippen LogP contribution in [0.3, 0.4) is 0 Å². The van der Waals surface area contributed by atoms with Crippen LogP contribution in [0.4, 0.5) is 0 Å². The Bertz CT molecular complexity index is 1150. The number of likely N-dealkylation sites (tertiary alicyclic amines) is 1. The summed E-state index contributed by atoms with van der Waals surface area (Å²) in [5.74, 6) is -0.310. The van der Waals surface area contributed by atoms with Gasteiger partial charge < -0.3 is 35.0 Å². The fourth-order valence-electron chi connectivity index (χ4n) is 4.24. The molecular weight excluding hydrogens is 747 g/mol. The summed E-state index contributed by atoms with van der Waals surface area (Å²) >= 11 is 0. The number of nitrogens with zero attached hydrogens (tertiary/aromatic N) is 1. The second kappa shape index (κ2) is 45.3. The summed E-state index contributed by atoms with van der Waals surface area (Å²) in [5.41, 5.74) is 0.384. The summed E-state index contributed by atoms with van der Waals surface area (Å²) in [4.78, 5) is 72.0. The third kappa shape index (κ3) is 39.5. The monoisotopic (exact) mass is 840 g/mol. The molecule has 2 unspecified atom stereocenters. The van der Waals surface area contributed by atoms with Crippen molar-refractivity contribution < 1.29 is 38.6 Å². The molecular formula is C48H93N3O8. The number of aliphatic carboxylic acids is 1. The number of hydrogen-bond acceptors (Lipinski definition) is 7. The van der Waals surface area contributed by atoms with Gasteiger partial charge in [0.15, 0.2) is 0 Å². The van der Waals surface area contributed by atoms with E-state index in [4.69, 9.17) is 9.84 Å². The summed E-state index contributed by atoms with van der Waals surface area (Å²) in [6, 6.07) is 3.86. The lowest BCUT2D eigenvalue weighted by Gasteiger charge is -2.31. The molecule has 0 spiro atoms. The minimum atomic E-state index is -1.22. The Kier molecular flexibility index (Phi) is 51.5. The zero-order valence-corrected chi connectivity index (χ0v) is 40.1. The van der Waals surface area contributed by atoms with Crippen LogP contribution in [0.15, 0.2) is 24.3 Å². The molecule has 1 heterocycles. The molecule has 1 aromatic rings. The first-order valence-corrected chi connectivity index (χ1v) is 22.1. The Morgan fingerprint density at radius 1 is 0.780 bits per heavy atom. The maximum absolute atomic E-state index is 13.4. The number of carboxylic acids is 1. The molecule has 348 valence electrons. The van der Waals surface area contributed by atoms with Gasteiger partial charge in [-0.05, 0) is 75.1 Å². The largest absolute Gasteiger partial charge is 0.494 e. The molecule has 59 heavy (non-hydrogen) atoms. The number of carboxylic acid groups (broad SMARTS) is 1. The van der Waals surface area contributed by atoms with Gasteiger partial charge in [-0.15, -0.1) is 0 Å². The molecule has 1 fully saturated rings. The summed E-state index contributed by atoms with van der Waals surface area (Å²) in [6.07, 6.45) is 8.95. The number of rotatable bonds is 16. The van der Waals surface area contributed by atoms with Crippen molar-refractivity contribution in [3.05, 3.63) is 29.8 Å². The fraction of sp³-hybridized carbons (Fsp3) is 0.750. The van der Waals surface area contributed by atoms with E-state index >= 15 is 0 Å². The lowest BCUT2D eigenvalue weighted by Crippen LogP contribution is -2.56. The van der Waals surface area contributed by atoms with Gasteiger partial charge >= 0.3 is 5.97 Å². The first kappa shape index (κ1) is 67.0. The number of Topliss-reactive ketones (excluding diaryl/α,β-unsaturated/α-hetero) is 1. The molecule has 1 saturated heterocycles. The number of aldehydes is 1. The maximum atomic E-state index is 13.4. The van der Waals surface area contributed by atoms with Gasteiger partial charge in [0, 0.05) is 12.1 Å². The number of hydrogen-bond donors (Lipinski definition) is 3. The molecule has 3 atom stereocenters. The van der Waals surface area contributed by atoms with Crippen molar-refractivity contribution in [2.24, 2.45) is 17.8 Å². The molecule has 0 aliphatic carbocycles. The average molecular weight is 840 g/mol. The van der Waals surface area contributed by atoms with Crippen LogP contribution in [0.2, 0.25) is 0 Å². The van der Waals surface area contributed by atoms with Gasteiger partial charge in [0.2, 0.25) is 11.8 Å². The molecule has 2 rings (SSSR count). The van der Waals surface area contributed by atoms with Crippen molar-refractivity contribution in [1.29, 1.82) is 0 Å². The number of ether oxygens (including phenoxy) is 1. The molecule has 1 aliphatic heterocycles. The second-order valence-electron chi connectivity index (χ2n) is 15.2. The molecule has 3 amide bonds. The van der Waals surface area contributed by atoms with Crippen molar-refractivity contribution in [2.45, 2.75) is 207 Å². The van der Waals surface area contributed by atoms with E-state index in [0.717, 1.165) is 31.1 Å². The summed E-state index contributed by atoms with van der Waals surface area (Å²) in [5, 5.41) is 14.1. The normalized spacial score (nSPS) is 13.0. The highest BCUT2D eigenvalue weighted by atomic mass is 16.5. The van der Waals surface area contributed by atoms with Gasteiger partial charge in [-0.25, -0.2) is 0 Å². The first-order valence-electron chi connectivity index (χ1n) is 22.1. The third-order valence-electron chi connectivity index (χ3n) is 7.66. The van der Waals surface area contributed by atoms with E-state index in [9.17, 15) is 28.8 Å². The topological polar surface area (TPSA) is 159 Å². The number of carbonyl (C=O) groups excluding carboxylic acids is 5. The van der Waals surface area contributed by atoms with E-state index in [2.05, 4.69) is 86.8 Å². The van der Waals surface area contributed by atoms with E-state index in [1.54, 1.807) is 38.1 Å². The van der Waals surface area contributed by atoms with Crippen LogP contribution in [0.25, 0.3) is 0 Å². The lowest BCUT2D eigenvalue weighted by atomic mass is 10.0. The van der Waals surface area contributed by atoms with Crippen LogP contribution in [0.1, 0.15) is 200 Å². The number of unbranched alkanes of at least 4 members (excludes halogenated alkanes) is 3. The standard InChI is InChI=1S/C27H39N3O7.C6H14.C3H6O.3C3H8.C2H6.CH4/c1-4-5-6-7-15-37-21-12-10-19(11-13-21)25(34)29-24(18(2)3)27(36)30-14-8-9-22(30)26(35)28-20(17-31)16-23(32)33;1-5(2)6(3)4;1-3(2)4;3*1-3-2;1-2;/h10-13,17-18,20,22,24H,4-9,14-16H2,1-3H3,(H,28,35)(H,29,34)(H,32,33);5-6H,1-4H3;1-2H3;3*3H2,1-2H3;1-2H3;1H4/t20-,22?,24?;;;;;;;/m0......./s1. The average Bonchev–Trinajstić information content (AvgIpc) is 3.65. The molecule has 11 heteroatoms. The van der Waals surface area contributed by atoms with Crippen LogP contribution in [0, 0.1) is 17.8 Å². The Morgan fingerprint density at radius 2 is 1.24 bits per heavy atom. The highest BCUT2D eigenvalue weighted by Crippen LogP contribution is 2.21. The minimum absolute atomic E-state index is 0. The Balaban J connectivity index is -0.000000265. The smallest absolute Gasteiger partial charge is 0.305 e. The molecule has 1 aliphatic rings. The van der Waals surface area contributed by atoms with E-state index in [-0.39, 0.29) is 19.1 Å². The summed E-state index contributed by atoms with van der Waals surface area (Å²) in [6.45, 7) is 35.5.